The summed E-state index contributed by atoms with van der Waals surface area (Å²) in [6, 6.07) is 6.51. The predicted molar refractivity (Wildman–Crippen MR) is 80.3 cm³/mol. The highest BCUT2D eigenvalue weighted by Gasteiger charge is 2.17. The fourth-order valence-electron chi connectivity index (χ4n) is 1.71. The number of nitrogens with one attached hydrogen (secondary N) is 2. The summed E-state index contributed by atoms with van der Waals surface area (Å²) in [5.74, 6) is -1.51. The molecule has 8 nitrogen and oxygen atoms in total. The van der Waals surface area contributed by atoms with Crippen molar-refractivity contribution in [1.82, 2.24) is 0 Å². The Morgan fingerprint density at radius 2 is 1.74 bits per heavy atom. The van der Waals surface area contributed by atoms with E-state index in [9.17, 15) is 14.4 Å². The number of rotatable bonds is 5. The van der Waals surface area contributed by atoms with Crippen LogP contribution in [0.3, 0.4) is 0 Å². The van der Waals surface area contributed by atoms with Gasteiger partial charge in [-0.05, 0) is 24.3 Å². The van der Waals surface area contributed by atoms with Gasteiger partial charge in [-0.1, -0.05) is 0 Å². The topological polar surface area (TPSA) is 103 Å². The largest absolute Gasteiger partial charge is 0.493 e. The summed E-state index contributed by atoms with van der Waals surface area (Å²) in [5, 5.41) is 5.17. The molecule has 23 heavy (non-hydrogen) atoms. The van der Waals surface area contributed by atoms with Crippen molar-refractivity contribution in [2.45, 2.75) is 6.92 Å². The molecule has 1 aliphatic rings. The monoisotopic (exact) mass is 320 g/mol. The second-order valence-corrected chi connectivity index (χ2v) is 4.58. The van der Waals surface area contributed by atoms with Crippen LogP contribution in [0.4, 0.5) is 11.4 Å². The van der Waals surface area contributed by atoms with Crippen LogP contribution in [0.25, 0.3) is 0 Å². The Kier molecular flexibility index (Phi) is 5.56. The SMILES string of the molecule is CC(=O)Nc1ccc(NC(=O)COC(=O)C2=COCCO2)cc1. The van der Waals surface area contributed by atoms with Gasteiger partial charge in [0.15, 0.2) is 6.61 Å². The average Bonchev–Trinajstić information content (AvgIpc) is 2.55. The number of ether oxygens (including phenoxy) is 3. The van der Waals surface area contributed by atoms with Crippen molar-refractivity contribution in [2.75, 3.05) is 30.5 Å². The Morgan fingerprint density at radius 1 is 1.09 bits per heavy atom. The third-order valence-electron chi connectivity index (χ3n) is 2.67. The van der Waals surface area contributed by atoms with E-state index in [1.807, 2.05) is 0 Å². The molecule has 0 radical (unpaired) electrons. The van der Waals surface area contributed by atoms with E-state index in [2.05, 4.69) is 10.6 Å². The molecule has 0 unspecified atom stereocenters. The lowest BCUT2D eigenvalue weighted by Gasteiger charge is -2.14. The standard InChI is InChI=1S/C15H16N2O6/c1-10(18)16-11-2-4-12(5-3-11)17-14(19)9-23-15(20)13-8-21-6-7-22-13/h2-5,8H,6-7,9H2,1H3,(H,16,18)(H,17,19). The Labute approximate surface area is 132 Å². The van der Waals surface area contributed by atoms with E-state index in [0.29, 0.717) is 18.0 Å². The van der Waals surface area contributed by atoms with Crippen LogP contribution in [0.5, 0.6) is 0 Å². The van der Waals surface area contributed by atoms with Crippen LogP contribution in [-0.4, -0.2) is 37.6 Å². The lowest BCUT2D eigenvalue weighted by Crippen LogP contribution is -2.23. The maximum absolute atomic E-state index is 11.7. The van der Waals surface area contributed by atoms with Crippen LogP contribution in [-0.2, 0) is 28.6 Å². The summed E-state index contributed by atoms with van der Waals surface area (Å²) < 4.78 is 14.8. The van der Waals surface area contributed by atoms with Crippen molar-refractivity contribution in [3.05, 3.63) is 36.3 Å². The molecule has 0 atom stereocenters. The molecule has 0 aliphatic carbocycles. The number of hydrogen-bond acceptors (Lipinski definition) is 6. The van der Waals surface area contributed by atoms with Crippen LogP contribution in [0.2, 0.25) is 0 Å². The van der Waals surface area contributed by atoms with E-state index in [1.54, 1.807) is 24.3 Å². The van der Waals surface area contributed by atoms with Gasteiger partial charge in [0.25, 0.3) is 5.91 Å². The fourth-order valence-corrected chi connectivity index (χ4v) is 1.71. The minimum absolute atomic E-state index is 0.0660. The zero-order valence-corrected chi connectivity index (χ0v) is 12.5. The van der Waals surface area contributed by atoms with Gasteiger partial charge in [0.05, 0.1) is 0 Å². The van der Waals surface area contributed by atoms with E-state index < -0.39 is 18.5 Å². The van der Waals surface area contributed by atoms with Crippen molar-refractivity contribution < 1.29 is 28.6 Å². The summed E-state index contributed by atoms with van der Waals surface area (Å²) in [4.78, 5) is 34.2. The summed E-state index contributed by atoms with van der Waals surface area (Å²) >= 11 is 0. The van der Waals surface area contributed by atoms with Gasteiger partial charge < -0.3 is 24.8 Å². The lowest BCUT2D eigenvalue weighted by molar-refractivity contribution is -0.148. The van der Waals surface area contributed by atoms with E-state index in [-0.39, 0.29) is 18.3 Å². The van der Waals surface area contributed by atoms with E-state index in [0.717, 1.165) is 6.26 Å². The van der Waals surface area contributed by atoms with Crippen molar-refractivity contribution >= 4 is 29.2 Å². The molecule has 0 spiro atoms. The minimum Gasteiger partial charge on any atom is -0.493 e. The first-order valence-corrected chi connectivity index (χ1v) is 6.84. The molecule has 0 saturated carbocycles. The Morgan fingerprint density at radius 3 is 2.30 bits per heavy atom. The van der Waals surface area contributed by atoms with Gasteiger partial charge in [-0.15, -0.1) is 0 Å². The number of carbonyl (C=O) groups is 3. The number of anilines is 2. The maximum atomic E-state index is 11.7. The highest BCUT2D eigenvalue weighted by molar-refractivity contribution is 5.95. The molecule has 8 heteroatoms. The van der Waals surface area contributed by atoms with Crippen LogP contribution in [0, 0.1) is 0 Å². The van der Waals surface area contributed by atoms with Crippen molar-refractivity contribution in [2.24, 2.45) is 0 Å². The first-order valence-electron chi connectivity index (χ1n) is 6.84. The quantitative estimate of drug-likeness (QED) is 0.785. The number of amides is 2. The van der Waals surface area contributed by atoms with E-state index in [4.69, 9.17) is 14.2 Å². The van der Waals surface area contributed by atoms with Crippen molar-refractivity contribution in [3.63, 3.8) is 0 Å². The second-order valence-electron chi connectivity index (χ2n) is 4.58. The first kappa shape index (κ1) is 16.3. The van der Waals surface area contributed by atoms with Gasteiger partial charge in [-0.25, -0.2) is 4.79 Å². The molecular weight excluding hydrogens is 304 g/mol. The Hall–Kier alpha value is -3.03. The maximum Gasteiger partial charge on any atom is 0.377 e. The van der Waals surface area contributed by atoms with Gasteiger partial charge in [-0.3, -0.25) is 9.59 Å². The van der Waals surface area contributed by atoms with E-state index in [1.165, 1.54) is 6.92 Å². The highest BCUT2D eigenvalue weighted by Crippen LogP contribution is 2.13. The zero-order valence-electron chi connectivity index (χ0n) is 12.5. The Balaban J connectivity index is 1.79. The Bertz CT molecular complexity index is 623. The zero-order chi connectivity index (χ0) is 16.7. The van der Waals surface area contributed by atoms with Gasteiger partial charge in [0.1, 0.15) is 19.5 Å². The predicted octanol–water partition coefficient (Wildman–Crippen LogP) is 1.01. The van der Waals surface area contributed by atoms with E-state index >= 15 is 0 Å². The van der Waals surface area contributed by atoms with Crippen LogP contribution < -0.4 is 10.6 Å². The molecule has 1 aromatic rings. The van der Waals surface area contributed by atoms with Crippen molar-refractivity contribution in [3.8, 4) is 0 Å². The van der Waals surface area contributed by atoms with Crippen LogP contribution in [0.15, 0.2) is 36.3 Å². The van der Waals surface area contributed by atoms with Gasteiger partial charge in [0, 0.05) is 18.3 Å². The summed E-state index contributed by atoms with van der Waals surface area (Å²) in [6.45, 7) is 1.58. The molecule has 2 N–H and O–H groups in total. The van der Waals surface area contributed by atoms with Gasteiger partial charge in [-0.2, -0.15) is 0 Å². The molecule has 122 valence electrons. The normalized spacial score (nSPS) is 13.0. The molecule has 0 saturated heterocycles. The first-order chi connectivity index (χ1) is 11.0. The third kappa shape index (κ3) is 5.34. The number of benzene rings is 1. The highest BCUT2D eigenvalue weighted by atomic mass is 16.6. The molecule has 1 heterocycles. The second kappa shape index (κ2) is 7.83. The molecule has 0 fully saturated rings. The van der Waals surface area contributed by atoms with Crippen LogP contribution >= 0.6 is 0 Å². The van der Waals surface area contributed by atoms with Gasteiger partial charge >= 0.3 is 5.97 Å². The smallest absolute Gasteiger partial charge is 0.377 e. The molecule has 0 bridgehead atoms. The third-order valence-corrected chi connectivity index (χ3v) is 2.67. The summed E-state index contributed by atoms with van der Waals surface area (Å²) in [7, 11) is 0. The summed E-state index contributed by atoms with van der Waals surface area (Å²) in [5.41, 5.74) is 1.12. The minimum atomic E-state index is -0.763. The molecule has 1 aliphatic heterocycles. The molecule has 0 aromatic heterocycles. The molecule has 2 rings (SSSR count). The summed E-state index contributed by atoms with van der Waals surface area (Å²) in [6.07, 6.45) is 1.16. The fraction of sp³-hybridized carbons (Fsp3) is 0.267. The molecular formula is C15H16N2O6. The number of esters is 1. The lowest BCUT2D eigenvalue weighted by atomic mass is 10.2. The van der Waals surface area contributed by atoms with Crippen LogP contribution in [0.1, 0.15) is 6.92 Å². The number of hydrogen-bond donors (Lipinski definition) is 2. The average molecular weight is 320 g/mol. The van der Waals surface area contributed by atoms with Crippen molar-refractivity contribution in [1.29, 1.82) is 0 Å². The molecule has 2 amide bonds. The molecule has 1 aromatic carbocycles. The van der Waals surface area contributed by atoms with Gasteiger partial charge in [0.2, 0.25) is 11.7 Å². The number of carbonyl (C=O) groups excluding carboxylic acids is 3.